The van der Waals surface area contributed by atoms with Gasteiger partial charge in [-0.1, -0.05) is 17.3 Å². The minimum Gasteiger partial charge on any atom is -0.488 e. The first-order valence-electron chi connectivity index (χ1n) is 7.45. The summed E-state index contributed by atoms with van der Waals surface area (Å²) in [6.07, 6.45) is 1.91. The molecule has 8 heteroatoms. The topological polar surface area (TPSA) is 83.6 Å². The average molecular weight is 322 g/mol. The van der Waals surface area contributed by atoms with Crippen molar-refractivity contribution in [1.29, 1.82) is 0 Å². The van der Waals surface area contributed by atoms with E-state index in [0.29, 0.717) is 19.6 Å². The Morgan fingerprint density at radius 2 is 2.17 bits per heavy atom. The average Bonchev–Trinajstić information content (AvgIpc) is 3.16. The number of β-amino-alcohol motifs (C(OH)–C–C–N with tert-alkyl or cyclic N) is 2. The van der Waals surface area contributed by atoms with Crippen molar-refractivity contribution in [2.45, 2.75) is 18.2 Å². The number of hydrogen-bond acceptors (Lipinski definition) is 6. The molecule has 0 bridgehead atoms. The predicted octanol–water partition coefficient (Wildman–Crippen LogP) is 0.0747. The molecule has 0 saturated carbocycles. The number of ether oxygens (including phenoxy) is 1. The zero-order valence-corrected chi connectivity index (χ0v) is 12.5. The van der Waals surface area contributed by atoms with Gasteiger partial charge in [0.15, 0.2) is 11.6 Å². The van der Waals surface area contributed by atoms with Gasteiger partial charge in [-0.2, -0.15) is 0 Å². The summed E-state index contributed by atoms with van der Waals surface area (Å²) in [5.41, 5.74) is 0. The molecule has 1 aromatic heterocycles. The fourth-order valence-corrected chi connectivity index (χ4v) is 2.75. The third kappa shape index (κ3) is 3.84. The Balaban J connectivity index is 1.49. The summed E-state index contributed by atoms with van der Waals surface area (Å²) in [6, 6.07) is 5.89. The molecule has 1 fully saturated rings. The third-order valence-corrected chi connectivity index (χ3v) is 3.85. The van der Waals surface area contributed by atoms with Crippen LogP contribution in [0.15, 0.2) is 36.7 Å². The number of aromatic nitrogens is 3. The van der Waals surface area contributed by atoms with Crippen LogP contribution < -0.4 is 4.74 Å². The van der Waals surface area contributed by atoms with Crippen molar-refractivity contribution in [3.05, 3.63) is 42.5 Å². The van der Waals surface area contributed by atoms with E-state index in [1.54, 1.807) is 29.2 Å². The van der Waals surface area contributed by atoms with E-state index >= 15 is 0 Å². The summed E-state index contributed by atoms with van der Waals surface area (Å²) in [6.45, 7) is 1.31. The fourth-order valence-electron chi connectivity index (χ4n) is 2.75. The van der Waals surface area contributed by atoms with E-state index < -0.39 is 18.0 Å². The molecule has 7 nitrogen and oxygen atoms in total. The SMILES string of the molecule is OC(COc1ccccc1F)CN1C[C@@H](O)[C@H](n2ccnn2)C1. The number of aliphatic hydroxyl groups is 2. The number of hydrogen-bond donors (Lipinski definition) is 2. The highest BCUT2D eigenvalue weighted by molar-refractivity contribution is 5.23. The molecule has 2 N–H and O–H groups in total. The Morgan fingerprint density at radius 1 is 1.35 bits per heavy atom. The molecular weight excluding hydrogens is 303 g/mol. The Hall–Kier alpha value is -2.03. The molecule has 3 atom stereocenters. The molecule has 2 heterocycles. The monoisotopic (exact) mass is 322 g/mol. The first-order valence-corrected chi connectivity index (χ1v) is 7.45. The van der Waals surface area contributed by atoms with Crippen molar-refractivity contribution in [2.24, 2.45) is 0 Å². The van der Waals surface area contributed by atoms with Crippen molar-refractivity contribution in [2.75, 3.05) is 26.2 Å². The summed E-state index contributed by atoms with van der Waals surface area (Å²) in [5.74, 6) is -0.337. The lowest BCUT2D eigenvalue weighted by molar-refractivity contribution is 0.0693. The number of aliphatic hydroxyl groups excluding tert-OH is 2. The number of rotatable bonds is 6. The molecule has 0 radical (unpaired) electrons. The van der Waals surface area contributed by atoms with Crippen molar-refractivity contribution >= 4 is 0 Å². The van der Waals surface area contributed by atoms with Gasteiger partial charge >= 0.3 is 0 Å². The third-order valence-electron chi connectivity index (χ3n) is 3.85. The maximum absolute atomic E-state index is 13.4. The van der Waals surface area contributed by atoms with Crippen LogP contribution in [0.4, 0.5) is 4.39 Å². The van der Waals surface area contributed by atoms with E-state index in [4.69, 9.17) is 4.74 Å². The number of halogens is 1. The van der Waals surface area contributed by atoms with E-state index in [1.807, 2.05) is 4.90 Å². The van der Waals surface area contributed by atoms with Gasteiger partial charge in [0.2, 0.25) is 0 Å². The number of nitrogens with zero attached hydrogens (tertiary/aromatic N) is 4. The molecule has 1 aromatic carbocycles. The molecule has 124 valence electrons. The van der Waals surface area contributed by atoms with Gasteiger partial charge in [0.05, 0.1) is 18.3 Å². The second-order valence-corrected chi connectivity index (χ2v) is 5.63. The standard InChI is InChI=1S/C15H19FN4O3/c16-12-3-1-2-4-15(12)23-10-11(21)7-19-8-13(14(22)9-19)20-6-5-17-18-20/h1-6,11,13-14,21-22H,7-10H2/t11?,13-,14-/m1/s1. The molecule has 0 spiro atoms. The summed E-state index contributed by atoms with van der Waals surface area (Å²) in [7, 11) is 0. The second-order valence-electron chi connectivity index (χ2n) is 5.63. The van der Waals surface area contributed by atoms with E-state index in [0.717, 1.165) is 0 Å². The smallest absolute Gasteiger partial charge is 0.165 e. The van der Waals surface area contributed by atoms with Gasteiger partial charge in [0, 0.05) is 25.8 Å². The maximum atomic E-state index is 13.4. The van der Waals surface area contributed by atoms with Gasteiger partial charge in [-0.3, -0.25) is 4.90 Å². The van der Waals surface area contributed by atoms with Gasteiger partial charge < -0.3 is 14.9 Å². The van der Waals surface area contributed by atoms with Crippen molar-refractivity contribution < 1.29 is 19.3 Å². The maximum Gasteiger partial charge on any atom is 0.165 e. The number of benzene rings is 1. The lowest BCUT2D eigenvalue weighted by Crippen LogP contribution is -2.35. The molecule has 23 heavy (non-hydrogen) atoms. The molecule has 0 amide bonds. The normalized spacial score (nSPS) is 23.1. The van der Waals surface area contributed by atoms with Crippen LogP contribution in [-0.4, -0.2) is 68.6 Å². The Bertz CT molecular complexity index is 625. The molecular formula is C15H19FN4O3. The molecule has 3 rings (SSSR count). The summed E-state index contributed by atoms with van der Waals surface area (Å²) < 4.78 is 20.3. The highest BCUT2D eigenvalue weighted by Gasteiger charge is 2.33. The predicted molar refractivity (Wildman–Crippen MR) is 79.4 cm³/mol. The van der Waals surface area contributed by atoms with Crippen LogP contribution in [0.1, 0.15) is 6.04 Å². The molecule has 1 saturated heterocycles. The minimum atomic E-state index is -0.781. The summed E-state index contributed by atoms with van der Waals surface area (Å²) in [4.78, 5) is 1.92. The summed E-state index contributed by atoms with van der Waals surface area (Å²) >= 11 is 0. The van der Waals surface area contributed by atoms with Gasteiger partial charge in [-0.25, -0.2) is 9.07 Å². The van der Waals surface area contributed by atoms with Crippen LogP contribution in [0.3, 0.4) is 0 Å². The minimum absolute atomic E-state index is 0.0124. The van der Waals surface area contributed by atoms with Gasteiger partial charge in [-0.15, -0.1) is 5.10 Å². The fraction of sp³-hybridized carbons (Fsp3) is 0.467. The number of likely N-dealkylation sites (tertiary alicyclic amines) is 1. The first-order chi connectivity index (χ1) is 11.1. The van der Waals surface area contributed by atoms with Gasteiger partial charge in [-0.05, 0) is 12.1 Å². The molecule has 1 aliphatic rings. The van der Waals surface area contributed by atoms with Crippen molar-refractivity contribution in [3.8, 4) is 5.75 Å². The molecule has 0 aliphatic carbocycles. The van der Waals surface area contributed by atoms with Crippen molar-refractivity contribution in [3.63, 3.8) is 0 Å². The van der Waals surface area contributed by atoms with Crippen LogP contribution in [0.2, 0.25) is 0 Å². The lowest BCUT2D eigenvalue weighted by Gasteiger charge is -2.20. The summed E-state index contributed by atoms with van der Waals surface area (Å²) in [5, 5.41) is 27.8. The van der Waals surface area contributed by atoms with Crippen LogP contribution >= 0.6 is 0 Å². The highest BCUT2D eigenvalue weighted by Crippen LogP contribution is 2.21. The Labute approximate surface area is 132 Å². The second kappa shape index (κ2) is 7.03. The van der Waals surface area contributed by atoms with Crippen molar-refractivity contribution in [1.82, 2.24) is 19.9 Å². The number of para-hydroxylation sites is 1. The first kappa shape index (κ1) is 15.9. The van der Waals surface area contributed by atoms with Crippen LogP contribution in [0, 0.1) is 5.82 Å². The quantitative estimate of drug-likeness (QED) is 0.783. The zero-order chi connectivity index (χ0) is 16.2. The van der Waals surface area contributed by atoms with E-state index in [9.17, 15) is 14.6 Å². The Kier molecular flexibility index (Phi) is 4.85. The van der Waals surface area contributed by atoms with E-state index in [2.05, 4.69) is 10.3 Å². The zero-order valence-electron chi connectivity index (χ0n) is 12.5. The largest absolute Gasteiger partial charge is 0.488 e. The Morgan fingerprint density at radius 3 is 2.91 bits per heavy atom. The van der Waals surface area contributed by atoms with Gasteiger partial charge in [0.1, 0.15) is 12.7 Å². The van der Waals surface area contributed by atoms with E-state index in [-0.39, 0.29) is 18.4 Å². The van der Waals surface area contributed by atoms with Crippen LogP contribution in [0.5, 0.6) is 5.75 Å². The highest BCUT2D eigenvalue weighted by atomic mass is 19.1. The van der Waals surface area contributed by atoms with Crippen LogP contribution in [-0.2, 0) is 0 Å². The molecule has 1 unspecified atom stereocenters. The van der Waals surface area contributed by atoms with Crippen LogP contribution in [0.25, 0.3) is 0 Å². The lowest BCUT2D eigenvalue weighted by atomic mass is 10.2. The molecule has 1 aliphatic heterocycles. The van der Waals surface area contributed by atoms with Gasteiger partial charge in [0.25, 0.3) is 0 Å². The molecule has 2 aromatic rings. The van der Waals surface area contributed by atoms with E-state index in [1.165, 1.54) is 12.1 Å².